The monoisotopic (exact) mass is 297 g/mol. The highest BCUT2D eigenvalue weighted by atomic mass is 32.2. The molecule has 0 bridgehead atoms. The Kier molecular flexibility index (Phi) is 3.40. The first kappa shape index (κ1) is 15.0. The Morgan fingerprint density at radius 3 is 2.50 bits per heavy atom. The predicted octanol–water partition coefficient (Wildman–Crippen LogP) is 2.29. The highest BCUT2D eigenvalue weighted by molar-refractivity contribution is 7.95. The van der Waals surface area contributed by atoms with E-state index in [2.05, 4.69) is 9.36 Å². The second kappa shape index (κ2) is 4.55. The van der Waals surface area contributed by atoms with Crippen LogP contribution in [-0.4, -0.2) is 27.6 Å². The summed E-state index contributed by atoms with van der Waals surface area (Å²) < 4.78 is 30.4. The summed E-state index contributed by atoms with van der Waals surface area (Å²) in [6.07, 6.45) is 0. The molecule has 0 fully saturated rings. The fourth-order valence-electron chi connectivity index (χ4n) is 2.49. The van der Waals surface area contributed by atoms with Crippen LogP contribution >= 0.6 is 0 Å². The maximum Gasteiger partial charge on any atom is 0.128 e. The fourth-order valence-corrected chi connectivity index (χ4v) is 4.79. The first-order valence-electron chi connectivity index (χ1n) is 6.40. The minimum absolute atomic E-state index is 0.158. The Morgan fingerprint density at radius 2 is 1.95 bits per heavy atom. The van der Waals surface area contributed by atoms with Gasteiger partial charge < -0.3 is 5.73 Å². The van der Waals surface area contributed by atoms with Gasteiger partial charge in [-0.15, -0.1) is 0 Å². The lowest BCUT2D eigenvalue weighted by atomic mass is 9.93. The number of nitrogens with zero attached hydrogens (tertiary/aromatic N) is 2. The van der Waals surface area contributed by atoms with Crippen LogP contribution in [0.15, 0.2) is 33.6 Å². The van der Waals surface area contributed by atoms with E-state index in [-0.39, 0.29) is 17.4 Å². The minimum Gasteiger partial charge on any atom is -0.386 e. The molecule has 2 N–H and O–H groups in total. The zero-order valence-corrected chi connectivity index (χ0v) is 13.0. The highest BCUT2D eigenvalue weighted by Crippen LogP contribution is 2.38. The first-order chi connectivity index (χ1) is 9.16. The van der Waals surface area contributed by atoms with Crippen LogP contribution < -0.4 is 5.73 Å². The molecular formula is C14H20FN3OS. The third-order valence-electron chi connectivity index (χ3n) is 4.01. The predicted molar refractivity (Wildman–Crippen MR) is 80.8 cm³/mol. The SMILES string of the molecule is CN=[S@@]1(=O)C[C@@](C)(c2ccccc2F)N=C(N)C1(C)C. The van der Waals surface area contributed by atoms with Crippen molar-refractivity contribution in [3.8, 4) is 0 Å². The molecule has 1 aliphatic heterocycles. The Hall–Kier alpha value is -1.43. The molecule has 0 saturated heterocycles. The molecule has 0 spiro atoms. The van der Waals surface area contributed by atoms with Crippen LogP contribution in [0.5, 0.6) is 0 Å². The van der Waals surface area contributed by atoms with Crippen molar-refractivity contribution in [2.45, 2.75) is 31.1 Å². The molecule has 2 atom stereocenters. The smallest absolute Gasteiger partial charge is 0.128 e. The number of rotatable bonds is 1. The molecule has 1 aromatic rings. The lowest BCUT2D eigenvalue weighted by Crippen LogP contribution is -2.54. The van der Waals surface area contributed by atoms with Crippen LogP contribution in [0, 0.1) is 5.82 Å². The second-order valence-corrected chi connectivity index (χ2v) is 8.68. The zero-order valence-electron chi connectivity index (χ0n) is 12.2. The number of aliphatic imine (C=N–C) groups is 1. The molecule has 1 aliphatic rings. The van der Waals surface area contributed by atoms with Gasteiger partial charge in [0.1, 0.15) is 21.9 Å². The van der Waals surface area contributed by atoms with Crippen molar-refractivity contribution in [3.63, 3.8) is 0 Å². The number of nitrogens with two attached hydrogens (primary N) is 1. The number of amidine groups is 1. The Bertz CT molecular complexity index is 689. The van der Waals surface area contributed by atoms with Gasteiger partial charge in [0.2, 0.25) is 0 Å². The molecular weight excluding hydrogens is 277 g/mol. The van der Waals surface area contributed by atoms with Gasteiger partial charge in [0, 0.05) is 12.6 Å². The van der Waals surface area contributed by atoms with E-state index in [1.807, 2.05) is 0 Å². The molecule has 2 rings (SSSR count). The van der Waals surface area contributed by atoms with Gasteiger partial charge in [0.15, 0.2) is 0 Å². The van der Waals surface area contributed by atoms with E-state index < -0.39 is 20.0 Å². The van der Waals surface area contributed by atoms with Gasteiger partial charge in [0.25, 0.3) is 0 Å². The van der Waals surface area contributed by atoms with Gasteiger partial charge in [0.05, 0.1) is 15.5 Å². The van der Waals surface area contributed by atoms with Gasteiger partial charge in [-0.3, -0.25) is 4.99 Å². The zero-order chi connectivity index (χ0) is 15.2. The summed E-state index contributed by atoms with van der Waals surface area (Å²) in [5.41, 5.74) is 5.46. The molecule has 0 saturated carbocycles. The molecule has 0 amide bonds. The van der Waals surface area contributed by atoms with E-state index in [4.69, 9.17) is 5.73 Å². The molecule has 0 aromatic heterocycles. The summed E-state index contributed by atoms with van der Waals surface area (Å²) >= 11 is 0. The van der Waals surface area contributed by atoms with E-state index in [1.54, 1.807) is 39.0 Å². The van der Waals surface area contributed by atoms with Crippen LogP contribution in [0.25, 0.3) is 0 Å². The molecule has 4 nitrogen and oxygen atoms in total. The van der Waals surface area contributed by atoms with Crippen LogP contribution in [0.1, 0.15) is 26.3 Å². The van der Waals surface area contributed by atoms with E-state index in [9.17, 15) is 8.60 Å². The molecule has 1 heterocycles. The van der Waals surface area contributed by atoms with Crippen molar-refractivity contribution in [1.29, 1.82) is 0 Å². The number of hydrogen-bond acceptors (Lipinski definition) is 4. The van der Waals surface area contributed by atoms with Crippen LogP contribution in [-0.2, 0) is 15.3 Å². The summed E-state index contributed by atoms with van der Waals surface area (Å²) in [5.74, 6) is 0.0414. The summed E-state index contributed by atoms with van der Waals surface area (Å²) in [5, 5.41) is 0. The molecule has 0 aliphatic carbocycles. The first-order valence-corrected chi connectivity index (χ1v) is 8.08. The van der Waals surface area contributed by atoms with Crippen molar-refractivity contribution in [3.05, 3.63) is 35.6 Å². The van der Waals surface area contributed by atoms with Crippen LogP contribution in [0.4, 0.5) is 4.39 Å². The molecule has 0 radical (unpaired) electrons. The summed E-state index contributed by atoms with van der Waals surface area (Å²) in [6.45, 7) is 5.28. The third kappa shape index (κ3) is 2.02. The molecule has 20 heavy (non-hydrogen) atoms. The van der Waals surface area contributed by atoms with Gasteiger partial charge in [-0.2, -0.15) is 0 Å². The summed E-state index contributed by atoms with van der Waals surface area (Å²) in [7, 11) is -1.11. The van der Waals surface area contributed by atoms with Crippen molar-refractivity contribution in [2.24, 2.45) is 15.1 Å². The van der Waals surface area contributed by atoms with Gasteiger partial charge >= 0.3 is 0 Å². The molecule has 6 heteroatoms. The van der Waals surface area contributed by atoms with Crippen molar-refractivity contribution in [1.82, 2.24) is 0 Å². The average Bonchev–Trinajstić information content (AvgIpc) is 2.37. The molecule has 110 valence electrons. The third-order valence-corrected chi connectivity index (χ3v) is 7.35. The Labute approximate surface area is 119 Å². The maximum absolute atomic E-state index is 14.1. The lowest BCUT2D eigenvalue weighted by Gasteiger charge is -2.40. The standard InChI is InChI=1S/C14H20FN3OS/c1-13(2)12(16)18-14(3,9-20(13,19)17-4)10-7-5-6-8-11(10)15/h5-8H,9H2,1-4H3,(H2,16,18)/t14-,20+/m0/s1. The average molecular weight is 297 g/mol. The quantitative estimate of drug-likeness (QED) is 0.864. The van der Waals surface area contributed by atoms with Crippen molar-refractivity contribution >= 4 is 15.6 Å². The van der Waals surface area contributed by atoms with E-state index in [1.165, 1.54) is 13.1 Å². The van der Waals surface area contributed by atoms with Crippen LogP contribution in [0.3, 0.4) is 0 Å². The number of hydrogen-bond donors (Lipinski definition) is 1. The van der Waals surface area contributed by atoms with Crippen molar-refractivity contribution in [2.75, 3.05) is 12.8 Å². The maximum atomic E-state index is 14.1. The van der Waals surface area contributed by atoms with Crippen molar-refractivity contribution < 1.29 is 8.60 Å². The summed E-state index contributed by atoms with van der Waals surface area (Å²) in [4.78, 5) is 4.46. The van der Waals surface area contributed by atoms with Gasteiger partial charge in [-0.25, -0.2) is 13.0 Å². The highest BCUT2D eigenvalue weighted by Gasteiger charge is 2.47. The largest absolute Gasteiger partial charge is 0.386 e. The lowest BCUT2D eigenvalue weighted by molar-refractivity contribution is 0.491. The fraction of sp³-hybridized carbons (Fsp3) is 0.500. The topological polar surface area (TPSA) is 67.8 Å². The normalized spacial score (nSPS) is 32.5. The molecule has 1 aromatic carbocycles. The van der Waals surface area contributed by atoms with Gasteiger partial charge in [-0.05, 0) is 26.8 Å². The number of halogens is 1. The van der Waals surface area contributed by atoms with E-state index in [0.717, 1.165) is 0 Å². The summed E-state index contributed by atoms with van der Waals surface area (Å²) in [6, 6.07) is 6.38. The second-order valence-electron chi connectivity index (χ2n) is 5.73. The Balaban J connectivity index is 2.70. The van der Waals surface area contributed by atoms with Crippen LogP contribution in [0.2, 0.25) is 0 Å². The Morgan fingerprint density at radius 1 is 1.35 bits per heavy atom. The molecule has 0 unspecified atom stereocenters. The number of benzene rings is 1. The van der Waals surface area contributed by atoms with E-state index >= 15 is 0 Å². The minimum atomic E-state index is -2.63. The van der Waals surface area contributed by atoms with E-state index in [0.29, 0.717) is 5.56 Å². The van der Waals surface area contributed by atoms with Gasteiger partial charge in [-0.1, -0.05) is 18.2 Å².